The Bertz CT molecular complexity index is 350. The van der Waals surface area contributed by atoms with Crippen LogP contribution in [0.15, 0.2) is 24.3 Å². The van der Waals surface area contributed by atoms with E-state index < -0.39 is 0 Å². The van der Waals surface area contributed by atoms with Gasteiger partial charge in [0.25, 0.3) is 0 Å². The summed E-state index contributed by atoms with van der Waals surface area (Å²) in [6.07, 6.45) is 1.85. The Morgan fingerprint density at radius 3 is 2.62 bits per heavy atom. The van der Waals surface area contributed by atoms with Crippen LogP contribution < -0.4 is 10.6 Å². The van der Waals surface area contributed by atoms with E-state index in [0.29, 0.717) is 0 Å². The number of anilines is 1. The van der Waals surface area contributed by atoms with Crippen LogP contribution in [-0.4, -0.2) is 12.1 Å². The zero-order valence-corrected chi connectivity index (χ0v) is 10.2. The molecule has 16 heavy (non-hydrogen) atoms. The van der Waals surface area contributed by atoms with E-state index in [1.54, 1.807) is 0 Å². The monoisotopic (exact) mass is 220 g/mol. The number of nitrogens with one attached hydrogen (secondary N) is 2. The first kappa shape index (κ1) is 12.6. The molecule has 0 aliphatic heterocycles. The zero-order valence-electron chi connectivity index (χ0n) is 10.2. The highest BCUT2D eigenvalue weighted by atomic mass is 16.2. The summed E-state index contributed by atoms with van der Waals surface area (Å²) >= 11 is 0. The van der Waals surface area contributed by atoms with E-state index in [1.165, 1.54) is 0 Å². The van der Waals surface area contributed by atoms with Gasteiger partial charge in [0.2, 0.25) is 0 Å². The fraction of sp³-hybridized carbons (Fsp3) is 0.462. The van der Waals surface area contributed by atoms with Crippen molar-refractivity contribution in [1.29, 1.82) is 0 Å². The maximum Gasteiger partial charge on any atom is 0.319 e. The Labute approximate surface area is 97.2 Å². The first-order valence-corrected chi connectivity index (χ1v) is 5.82. The van der Waals surface area contributed by atoms with Gasteiger partial charge in [0.1, 0.15) is 0 Å². The van der Waals surface area contributed by atoms with Gasteiger partial charge in [0.05, 0.1) is 0 Å². The summed E-state index contributed by atoms with van der Waals surface area (Å²) in [5.74, 6) is 0. The summed E-state index contributed by atoms with van der Waals surface area (Å²) in [7, 11) is 0. The topological polar surface area (TPSA) is 41.1 Å². The van der Waals surface area contributed by atoms with Crippen molar-refractivity contribution in [2.24, 2.45) is 0 Å². The van der Waals surface area contributed by atoms with E-state index in [0.717, 1.165) is 24.1 Å². The summed E-state index contributed by atoms with van der Waals surface area (Å²) in [4.78, 5) is 11.6. The highest BCUT2D eigenvalue weighted by Gasteiger charge is 2.07. The Hall–Kier alpha value is -1.51. The Morgan fingerprint density at radius 2 is 2.00 bits per heavy atom. The van der Waals surface area contributed by atoms with Crippen LogP contribution in [0.1, 0.15) is 32.8 Å². The van der Waals surface area contributed by atoms with Crippen LogP contribution in [0, 0.1) is 0 Å². The Balaban J connectivity index is 2.62. The maximum absolute atomic E-state index is 11.6. The van der Waals surface area contributed by atoms with Gasteiger partial charge in [0, 0.05) is 11.7 Å². The van der Waals surface area contributed by atoms with Crippen LogP contribution in [0.2, 0.25) is 0 Å². The maximum atomic E-state index is 11.6. The second-order valence-corrected chi connectivity index (χ2v) is 3.92. The van der Waals surface area contributed by atoms with E-state index >= 15 is 0 Å². The summed E-state index contributed by atoms with van der Waals surface area (Å²) < 4.78 is 0. The molecular weight excluding hydrogens is 200 g/mol. The van der Waals surface area contributed by atoms with Crippen LogP contribution in [0.3, 0.4) is 0 Å². The molecule has 1 rings (SSSR count). The van der Waals surface area contributed by atoms with Gasteiger partial charge in [-0.15, -0.1) is 0 Å². The number of urea groups is 1. The third-order valence-corrected chi connectivity index (χ3v) is 2.64. The smallest absolute Gasteiger partial charge is 0.319 e. The minimum Gasteiger partial charge on any atom is -0.335 e. The van der Waals surface area contributed by atoms with Gasteiger partial charge in [0.15, 0.2) is 0 Å². The molecule has 0 radical (unpaired) electrons. The number of para-hydroxylation sites is 1. The number of carbonyl (C=O) groups is 1. The van der Waals surface area contributed by atoms with Gasteiger partial charge in [-0.1, -0.05) is 32.0 Å². The van der Waals surface area contributed by atoms with Gasteiger partial charge < -0.3 is 10.6 Å². The minimum absolute atomic E-state index is 0.129. The number of rotatable bonds is 4. The zero-order chi connectivity index (χ0) is 12.0. The number of amides is 2. The summed E-state index contributed by atoms with van der Waals surface area (Å²) in [5.41, 5.74) is 2.05. The molecule has 0 aliphatic rings. The van der Waals surface area contributed by atoms with E-state index in [4.69, 9.17) is 0 Å². The fourth-order valence-corrected chi connectivity index (χ4v) is 1.43. The summed E-state index contributed by atoms with van der Waals surface area (Å²) in [6, 6.07) is 7.94. The molecule has 3 heteroatoms. The average Bonchev–Trinajstić information content (AvgIpc) is 2.29. The van der Waals surface area contributed by atoms with Crippen molar-refractivity contribution in [3.05, 3.63) is 29.8 Å². The standard InChI is InChI=1S/C13H20N2O/c1-4-10(3)14-13(16)15-12-9-7-6-8-11(12)5-2/h6-10H,4-5H2,1-3H3,(H2,14,15,16). The molecule has 0 fully saturated rings. The molecule has 2 amide bonds. The second kappa shape index (κ2) is 6.16. The highest BCUT2D eigenvalue weighted by molar-refractivity contribution is 5.90. The molecule has 2 N–H and O–H groups in total. The highest BCUT2D eigenvalue weighted by Crippen LogP contribution is 2.15. The van der Waals surface area contributed by atoms with Gasteiger partial charge in [-0.2, -0.15) is 0 Å². The molecule has 3 nitrogen and oxygen atoms in total. The number of hydrogen-bond donors (Lipinski definition) is 2. The minimum atomic E-state index is -0.129. The quantitative estimate of drug-likeness (QED) is 0.804. The van der Waals surface area contributed by atoms with Crippen molar-refractivity contribution in [2.75, 3.05) is 5.32 Å². The lowest BCUT2D eigenvalue weighted by Gasteiger charge is -2.14. The molecule has 0 heterocycles. The van der Waals surface area contributed by atoms with Crippen molar-refractivity contribution >= 4 is 11.7 Å². The molecule has 0 saturated heterocycles. The van der Waals surface area contributed by atoms with E-state index in [-0.39, 0.29) is 12.1 Å². The van der Waals surface area contributed by atoms with Gasteiger partial charge >= 0.3 is 6.03 Å². The Morgan fingerprint density at radius 1 is 1.31 bits per heavy atom. The normalized spacial score (nSPS) is 11.9. The van der Waals surface area contributed by atoms with E-state index in [9.17, 15) is 4.79 Å². The van der Waals surface area contributed by atoms with Gasteiger partial charge in [-0.25, -0.2) is 4.79 Å². The third-order valence-electron chi connectivity index (χ3n) is 2.64. The molecule has 0 bridgehead atoms. The third kappa shape index (κ3) is 3.57. The first-order valence-electron chi connectivity index (χ1n) is 5.82. The molecule has 1 atom stereocenters. The average molecular weight is 220 g/mol. The van der Waals surface area contributed by atoms with Crippen LogP contribution in [0.5, 0.6) is 0 Å². The van der Waals surface area contributed by atoms with Crippen LogP contribution in [0.25, 0.3) is 0 Å². The van der Waals surface area contributed by atoms with Crippen LogP contribution in [-0.2, 0) is 6.42 Å². The molecule has 1 unspecified atom stereocenters. The summed E-state index contributed by atoms with van der Waals surface area (Å²) in [5, 5.41) is 5.76. The first-order chi connectivity index (χ1) is 7.67. The van der Waals surface area contributed by atoms with Crippen molar-refractivity contribution in [3.8, 4) is 0 Å². The summed E-state index contributed by atoms with van der Waals surface area (Å²) in [6.45, 7) is 6.11. The molecule has 88 valence electrons. The largest absolute Gasteiger partial charge is 0.335 e. The van der Waals surface area contributed by atoms with E-state index in [2.05, 4.69) is 17.6 Å². The molecule has 0 saturated carbocycles. The molecule has 1 aromatic rings. The van der Waals surface area contributed by atoms with Gasteiger partial charge in [-0.3, -0.25) is 0 Å². The fourth-order valence-electron chi connectivity index (χ4n) is 1.43. The predicted molar refractivity (Wildman–Crippen MR) is 67.7 cm³/mol. The SMILES string of the molecule is CCc1ccccc1NC(=O)NC(C)CC. The lowest BCUT2D eigenvalue weighted by atomic mass is 10.1. The van der Waals surface area contributed by atoms with Crippen LogP contribution >= 0.6 is 0 Å². The molecule has 0 spiro atoms. The number of benzene rings is 1. The second-order valence-electron chi connectivity index (χ2n) is 3.92. The van der Waals surface area contributed by atoms with Crippen LogP contribution in [0.4, 0.5) is 10.5 Å². The van der Waals surface area contributed by atoms with Crippen molar-refractivity contribution in [1.82, 2.24) is 5.32 Å². The van der Waals surface area contributed by atoms with Gasteiger partial charge in [-0.05, 0) is 31.4 Å². The van der Waals surface area contributed by atoms with Crippen molar-refractivity contribution < 1.29 is 4.79 Å². The Kier molecular flexibility index (Phi) is 4.83. The number of aryl methyl sites for hydroxylation is 1. The molecule has 1 aromatic carbocycles. The number of carbonyl (C=O) groups excluding carboxylic acids is 1. The van der Waals surface area contributed by atoms with Crippen molar-refractivity contribution in [2.45, 2.75) is 39.7 Å². The lowest BCUT2D eigenvalue weighted by molar-refractivity contribution is 0.249. The van der Waals surface area contributed by atoms with E-state index in [1.807, 2.05) is 38.1 Å². The predicted octanol–water partition coefficient (Wildman–Crippen LogP) is 3.17. The number of hydrogen-bond acceptors (Lipinski definition) is 1. The lowest BCUT2D eigenvalue weighted by Crippen LogP contribution is -2.35. The molecule has 0 aromatic heterocycles. The molecular formula is C13H20N2O. The van der Waals surface area contributed by atoms with Crippen molar-refractivity contribution in [3.63, 3.8) is 0 Å². The molecule has 0 aliphatic carbocycles.